The molecule has 1 aromatic heterocycles. The second kappa shape index (κ2) is 19.7. The fourth-order valence-electron chi connectivity index (χ4n) is 7.82. The Labute approximate surface area is 326 Å². The van der Waals surface area contributed by atoms with Gasteiger partial charge in [-0.1, -0.05) is 104 Å². The third kappa shape index (κ3) is 10.4. The molecule has 4 rings (SSSR count). The molecule has 55 heavy (non-hydrogen) atoms. The van der Waals surface area contributed by atoms with E-state index < -0.39 is 47.6 Å². The highest BCUT2D eigenvalue weighted by atomic mass is 16.5. The highest BCUT2D eigenvalue weighted by Crippen LogP contribution is 2.38. The Balaban J connectivity index is 1.75. The molecule has 0 bridgehead atoms. The number of hydrogen-bond donors (Lipinski definition) is 5. The van der Waals surface area contributed by atoms with Crippen LogP contribution in [0.25, 0.3) is 10.8 Å². The second-order valence-corrected chi connectivity index (χ2v) is 16.3. The third-order valence-corrected chi connectivity index (χ3v) is 11.7. The van der Waals surface area contributed by atoms with Crippen molar-refractivity contribution in [1.29, 1.82) is 0 Å². The molecule has 0 aliphatic heterocycles. The van der Waals surface area contributed by atoms with Crippen molar-refractivity contribution >= 4 is 34.0 Å². The Morgan fingerprint density at radius 2 is 1.56 bits per heavy atom. The maximum atomic E-state index is 14.7. The molecule has 0 spiro atoms. The second-order valence-electron chi connectivity index (χ2n) is 16.3. The summed E-state index contributed by atoms with van der Waals surface area (Å²) in [5.41, 5.74) is 19.7. The summed E-state index contributed by atoms with van der Waals surface area (Å²) in [6, 6.07) is 10.8. The van der Waals surface area contributed by atoms with E-state index in [1.54, 1.807) is 6.07 Å². The Hall–Kier alpha value is -4.03. The van der Waals surface area contributed by atoms with Crippen molar-refractivity contribution in [1.82, 2.24) is 10.3 Å². The first-order chi connectivity index (χ1) is 26.1. The monoisotopic (exact) mass is 757 g/mol. The minimum absolute atomic E-state index is 0.000962. The van der Waals surface area contributed by atoms with Crippen LogP contribution in [0.5, 0.6) is 11.5 Å². The van der Waals surface area contributed by atoms with Crippen LogP contribution in [0, 0.1) is 35.5 Å². The number of Topliss-reactive ketones (excluding diaryl/α,β-unsaturated/α-hetero) is 3. The molecule has 0 saturated heterocycles. The predicted octanol–water partition coefficient (Wildman–Crippen LogP) is 6.50. The first kappa shape index (κ1) is 43.7. The lowest BCUT2D eigenvalue weighted by Gasteiger charge is -2.38. The number of hydrogen-bond acceptors (Lipinski definition) is 10. The third-order valence-electron chi connectivity index (χ3n) is 11.7. The molecule has 1 amide bonds. The first-order valence-corrected chi connectivity index (χ1v) is 20.1. The number of aliphatic hydroxyl groups is 1. The number of benzene rings is 2. The molecule has 1 heterocycles. The normalized spacial score (nSPS) is 17.6. The van der Waals surface area contributed by atoms with Gasteiger partial charge >= 0.3 is 0 Å². The molecule has 2 aromatic carbocycles. The van der Waals surface area contributed by atoms with E-state index in [9.17, 15) is 24.3 Å². The minimum Gasteiger partial charge on any atom is -0.454 e. The van der Waals surface area contributed by atoms with Crippen molar-refractivity contribution in [2.45, 2.75) is 124 Å². The summed E-state index contributed by atoms with van der Waals surface area (Å²) in [6.45, 7) is 12.7. The van der Waals surface area contributed by atoms with Gasteiger partial charge in [0, 0.05) is 29.5 Å². The average Bonchev–Trinajstić information content (AvgIpc) is 3.17. The molecule has 1 saturated carbocycles. The SMILES string of the molecule is CC[C@H](C)[C@H](N)C(=O)NCc1ncc(C(=O)C(CC(O)C(N)C(C(=O)[C@@H](N)C(C)C)C2CCCCC2)C(C)C)c(C(C)=O)c1Oc1cccc2ccccc12. The number of aromatic nitrogens is 1. The molecule has 300 valence electrons. The Bertz CT molecular complexity index is 1800. The van der Waals surface area contributed by atoms with E-state index >= 15 is 0 Å². The van der Waals surface area contributed by atoms with Crippen LogP contribution in [0.2, 0.25) is 0 Å². The number of ether oxygens (including phenoxy) is 1. The highest BCUT2D eigenvalue weighted by Gasteiger charge is 2.42. The summed E-state index contributed by atoms with van der Waals surface area (Å²) in [4.78, 5) is 59.9. The van der Waals surface area contributed by atoms with Crippen LogP contribution < -0.4 is 27.3 Å². The van der Waals surface area contributed by atoms with E-state index in [1.807, 2.05) is 77.9 Å². The Kier molecular flexibility index (Phi) is 15.7. The number of aliphatic hydroxyl groups excluding tert-OH is 1. The van der Waals surface area contributed by atoms with Gasteiger partial charge in [-0.15, -0.1) is 0 Å². The van der Waals surface area contributed by atoms with Gasteiger partial charge in [-0.3, -0.25) is 24.2 Å². The lowest BCUT2D eigenvalue weighted by Crippen LogP contribution is -2.54. The van der Waals surface area contributed by atoms with Gasteiger partial charge in [0.25, 0.3) is 0 Å². The lowest BCUT2D eigenvalue weighted by molar-refractivity contribution is -0.129. The van der Waals surface area contributed by atoms with E-state index in [0.29, 0.717) is 12.2 Å². The number of nitrogens with zero attached hydrogens (tertiary/aromatic N) is 1. The van der Waals surface area contributed by atoms with Crippen LogP contribution in [0.4, 0.5) is 0 Å². The maximum Gasteiger partial charge on any atom is 0.237 e. The minimum atomic E-state index is -1.20. The molecule has 11 nitrogen and oxygen atoms in total. The number of nitrogens with one attached hydrogen (secondary N) is 1. The molecule has 3 aromatic rings. The van der Waals surface area contributed by atoms with E-state index in [0.717, 1.165) is 42.9 Å². The largest absolute Gasteiger partial charge is 0.454 e. The zero-order valence-electron chi connectivity index (χ0n) is 33.7. The van der Waals surface area contributed by atoms with Gasteiger partial charge in [0.1, 0.15) is 11.4 Å². The first-order valence-electron chi connectivity index (χ1n) is 20.1. The predicted molar refractivity (Wildman–Crippen MR) is 217 cm³/mol. The number of amides is 1. The van der Waals surface area contributed by atoms with Gasteiger partial charge in [-0.25, -0.2) is 0 Å². The molecule has 4 unspecified atom stereocenters. The zero-order chi connectivity index (χ0) is 40.6. The van der Waals surface area contributed by atoms with Gasteiger partial charge in [0.05, 0.1) is 35.9 Å². The molecular formula is C44H63N5O6. The topological polar surface area (TPSA) is 201 Å². The standard InChI is InChI=1S/C44H63N5O6/c1-8-26(6)39(46)44(54)49-23-33-43(55-35-20-14-18-28-15-12-13-19-30(28)35)36(27(7)50)32(22-48-33)41(52)31(24(2)3)21-34(51)40(47)37(29-16-10-9-11-17-29)42(53)38(45)25(4)5/h12-15,18-20,22,24-26,29,31,34,37-40,51H,8-11,16-17,21,23,45-47H2,1-7H3,(H,49,54)/t26-,31?,34?,37?,38-,39-,40?/m0/s1. The van der Waals surface area contributed by atoms with E-state index in [2.05, 4.69) is 10.3 Å². The summed E-state index contributed by atoms with van der Waals surface area (Å²) < 4.78 is 6.56. The van der Waals surface area contributed by atoms with Crippen molar-refractivity contribution < 1.29 is 29.0 Å². The number of pyridine rings is 1. The van der Waals surface area contributed by atoms with Crippen molar-refractivity contribution in [3.63, 3.8) is 0 Å². The summed E-state index contributed by atoms with van der Waals surface area (Å²) >= 11 is 0. The maximum absolute atomic E-state index is 14.7. The van der Waals surface area contributed by atoms with E-state index in [-0.39, 0.29) is 70.9 Å². The van der Waals surface area contributed by atoms with Crippen LogP contribution >= 0.6 is 0 Å². The van der Waals surface area contributed by atoms with Crippen LogP contribution in [-0.2, 0) is 16.1 Å². The molecule has 1 fully saturated rings. The number of ketones is 3. The summed E-state index contributed by atoms with van der Waals surface area (Å²) in [7, 11) is 0. The highest BCUT2D eigenvalue weighted by molar-refractivity contribution is 6.10. The van der Waals surface area contributed by atoms with Gasteiger partial charge in [-0.2, -0.15) is 0 Å². The lowest BCUT2D eigenvalue weighted by atomic mass is 9.70. The quantitative estimate of drug-likeness (QED) is 0.0841. The number of carbonyl (C=O) groups excluding carboxylic acids is 4. The van der Waals surface area contributed by atoms with Crippen LogP contribution in [0.1, 0.15) is 120 Å². The Morgan fingerprint density at radius 1 is 0.909 bits per heavy atom. The zero-order valence-corrected chi connectivity index (χ0v) is 33.7. The summed E-state index contributed by atoms with van der Waals surface area (Å²) in [5.74, 6) is -2.74. The number of fused-ring (bicyclic) bond motifs is 1. The molecule has 1 aliphatic carbocycles. The van der Waals surface area contributed by atoms with Crippen molar-refractivity contribution in [2.75, 3.05) is 0 Å². The van der Waals surface area contributed by atoms with Gasteiger partial charge in [0.2, 0.25) is 5.91 Å². The van der Waals surface area contributed by atoms with Gasteiger partial charge in [-0.05, 0) is 61.3 Å². The van der Waals surface area contributed by atoms with E-state index in [4.69, 9.17) is 21.9 Å². The molecule has 1 aliphatic rings. The van der Waals surface area contributed by atoms with Crippen molar-refractivity contribution in [2.24, 2.45) is 52.7 Å². The number of nitrogens with two attached hydrogens (primary N) is 3. The van der Waals surface area contributed by atoms with Crippen molar-refractivity contribution in [3.05, 3.63) is 65.5 Å². The molecule has 7 atom stereocenters. The molecular weight excluding hydrogens is 695 g/mol. The van der Waals surface area contributed by atoms with Crippen LogP contribution in [-0.4, -0.2) is 57.6 Å². The Morgan fingerprint density at radius 3 is 2.18 bits per heavy atom. The van der Waals surface area contributed by atoms with E-state index in [1.165, 1.54) is 13.1 Å². The van der Waals surface area contributed by atoms with Crippen molar-refractivity contribution in [3.8, 4) is 11.5 Å². The number of carbonyl (C=O) groups is 4. The number of rotatable bonds is 19. The fourth-order valence-corrected chi connectivity index (χ4v) is 7.82. The molecule has 11 heteroatoms. The summed E-state index contributed by atoms with van der Waals surface area (Å²) in [6.07, 6.45) is 5.55. The van der Waals surface area contributed by atoms with Crippen LogP contribution in [0.3, 0.4) is 0 Å². The average molecular weight is 758 g/mol. The van der Waals surface area contributed by atoms with Gasteiger partial charge < -0.3 is 32.4 Å². The van der Waals surface area contributed by atoms with Gasteiger partial charge in [0.15, 0.2) is 23.1 Å². The van der Waals surface area contributed by atoms with Crippen LogP contribution in [0.15, 0.2) is 48.7 Å². The summed E-state index contributed by atoms with van der Waals surface area (Å²) in [5, 5.41) is 16.3. The smallest absolute Gasteiger partial charge is 0.237 e. The molecule has 0 radical (unpaired) electrons. The fraction of sp³-hybridized carbons (Fsp3) is 0.568. The molecule has 8 N–H and O–H groups in total.